The molecule has 0 aliphatic carbocycles. The lowest BCUT2D eigenvalue weighted by molar-refractivity contribution is -0.145. The Bertz CT molecular complexity index is 190. The summed E-state index contributed by atoms with van der Waals surface area (Å²) < 4.78 is 42.4. The van der Waals surface area contributed by atoms with Crippen LogP contribution in [0.15, 0.2) is 0 Å². The van der Waals surface area contributed by atoms with Crippen LogP contribution in [0.5, 0.6) is 0 Å². The van der Waals surface area contributed by atoms with Crippen LogP contribution < -0.4 is 5.32 Å². The molecule has 0 aromatic rings. The quantitative estimate of drug-likeness (QED) is 0.796. The Balaban J connectivity index is 2.47. The van der Waals surface area contributed by atoms with E-state index in [0.717, 1.165) is 19.3 Å². The van der Waals surface area contributed by atoms with Gasteiger partial charge in [-0.25, -0.2) is 0 Å². The molecule has 1 fully saturated rings. The predicted molar refractivity (Wildman–Crippen MR) is 56.3 cm³/mol. The average Bonchev–Trinajstić information content (AvgIpc) is 2.24. The lowest BCUT2D eigenvalue weighted by Gasteiger charge is -2.31. The summed E-state index contributed by atoms with van der Waals surface area (Å²) in [6, 6.07) is -0.441. The van der Waals surface area contributed by atoms with E-state index in [9.17, 15) is 13.2 Å². The van der Waals surface area contributed by atoms with Crippen LogP contribution in [0, 0.1) is 5.92 Å². The van der Waals surface area contributed by atoms with Crippen molar-refractivity contribution in [2.45, 2.75) is 44.8 Å². The molecule has 0 saturated carbocycles. The fourth-order valence-electron chi connectivity index (χ4n) is 2.10. The van der Waals surface area contributed by atoms with E-state index in [1.54, 1.807) is 0 Å². The summed E-state index contributed by atoms with van der Waals surface area (Å²) in [6.07, 6.45) is -2.48. The van der Waals surface area contributed by atoms with E-state index in [1.165, 1.54) is 0 Å². The van der Waals surface area contributed by atoms with Crippen molar-refractivity contribution in [3.8, 4) is 0 Å². The van der Waals surface area contributed by atoms with Crippen molar-refractivity contribution in [2.24, 2.45) is 5.92 Å². The Morgan fingerprint density at radius 1 is 1.31 bits per heavy atom. The van der Waals surface area contributed by atoms with Gasteiger partial charge in [-0.3, -0.25) is 0 Å². The fraction of sp³-hybridized carbons (Fsp3) is 1.00. The Hall–Kier alpha value is -0.290. The summed E-state index contributed by atoms with van der Waals surface area (Å²) >= 11 is 0. The number of hydrogen-bond donors (Lipinski definition) is 1. The SMILES string of the molecule is CCCNC(CC(F)(F)F)C1CCOCC1. The monoisotopic (exact) mass is 239 g/mol. The molecule has 1 rings (SSSR count). The standard InChI is InChI=1S/C11H20F3NO/c1-2-5-15-10(8-11(12,13)14)9-3-6-16-7-4-9/h9-10,15H,2-8H2,1H3. The smallest absolute Gasteiger partial charge is 0.381 e. The molecule has 16 heavy (non-hydrogen) atoms. The van der Waals surface area contributed by atoms with Gasteiger partial charge in [-0.1, -0.05) is 6.92 Å². The molecule has 0 aromatic heterocycles. The number of hydrogen-bond acceptors (Lipinski definition) is 2. The second-order valence-corrected chi connectivity index (χ2v) is 4.33. The average molecular weight is 239 g/mol. The van der Waals surface area contributed by atoms with Crippen molar-refractivity contribution >= 4 is 0 Å². The van der Waals surface area contributed by atoms with Crippen LogP contribution in [-0.4, -0.2) is 32.0 Å². The van der Waals surface area contributed by atoms with Gasteiger partial charge in [-0.15, -0.1) is 0 Å². The maximum Gasteiger partial charge on any atom is 0.390 e. The Labute approximate surface area is 94.5 Å². The van der Waals surface area contributed by atoms with Gasteiger partial charge in [-0.2, -0.15) is 13.2 Å². The van der Waals surface area contributed by atoms with Crippen LogP contribution in [-0.2, 0) is 4.74 Å². The molecule has 0 spiro atoms. The highest BCUT2D eigenvalue weighted by molar-refractivity contribution is 4.80. The minimum atomic E-state index is -4.08. The summed E-state index contributed by atoms with van der Waals surface area (Å²) in [5.74, 6) is 0.0990. The minimum absolute atomic E-state index is 0.0990. The molecular weight excluding hydrogens is 219 g/mol. The molecule has 2 nitrogen and oxygen atoms in total. The summed E-state index contributed by atoms with van der Waals surface area (Å²) in [6.45, 7) is 3.79. The molecule has 96 valence electrons. The Morgan fingerprint density at radius 2 is 1.94 bits per heavy atom. The fourth-order valence-corrected chi connectivity index (χ4v) is 2.10. The molecule has 1 atom stereocenters. The third kappa shape index (κ3) is 5.16. The first-order valence-electron chi connectivity index (χ1n) is 5.91. The second-order valence-electron chi connectivity index (χ2n) is 4.33. The minimum Gasteiger partial charge on any atom is -0.381 e. The maximum atomic E-state index is 12.4. The van der Waals surface area contributed by atoms with Crippen molar-refractivity contribution in [3.63, 3.8) is 0 Å². The van der Waals surface area contributed by atoms with Crippen molar-refractivity contribution < 1.29 is 17.9 Å². The molecule has 1 aliphatic rings. The van der Waals surface area contributed by atoms with Gasteiger partial charge in [-0.05, 0) is 31.7 Å². The molecule has 0 aromatic carbocycles. The van der Waals surface area contributed by atoms with Crippen LogP contribution >= 0.6 is 0 Å². The van der Waals surface area contributed by atoms with Gasteiger partial charge in [0.25, 0.3) is 0 Å². The van der Waals surface area contributed by atoms with E-state index in [0.29, 0.717) is 19.8 Å². The molecule has 1 unspecified atom stereocenters. The molecule has 0 radical (unpaired) electrons. The zero-order valence-corrected chi connectivity index (χ0v) is 9.65. The Morgan fingerprint density at radius 3 is 2.44 bits per heavy atom. The first-order valence-corrected chi connectivity index (χ1v) is 5.91. The van der Waals surface area contributed by atoms with Crippen LogP contribution in [0.25, 0.3) is 0 Å². The van der Waals surface area contributed by atoms with E-state index in [-0.39, 0.29) is 5.92 Å². The molecule has 1 heterocycles. The summed E-state index contributed by atoms with van der Waals surface area (Å²) in [5, 5.41) is 3.02. The van der Waals surface area contributed by atoms with Gasteiger partial charge in [0.05, 0.1) is 6.42 Å². The van der Waals surface area contributed by atoms with E-state index in [1.807, 2.05) is 6.92 Å². The predicted octanol–water partition coefficient (Wildman–Crippen LogP) is 2.73. The number of ether oxygens (including phenoxy) is 1. The van der Waals surface area contributed by atoms with Gasteiger partial charge >= 0.3 is 6.18 Å². The number of halogens is 3. The largest absolute Gasteiger partial charge is 0.390 e. The van der Waals surface area contributed by atoms with Crippen molar-refractivity contribution in [2.75, 3.05) is 19.8 Å². The lowest BCUT2D eigenvalue weighted by atomic mass is 9.89. The molecule has 1 saturated heterocycles. The first kappa shape index (κ1) is 13.8. The van der Waals surface area contributed by atoms with Gasteiger partial charge < -0.3 is 10.1 Å². The zero-order chi connectivity index (χ0) is 12.0. The van der Waals surface area contributed by atoms with Crippen LogP contribution in [0.2, 0.25) is 0 Å². The van der Waals surface area contributed by atoms with Crippen molar-refractivity contribution in [3.05, 3.63) is 0 Å². The molecular formula is C11H20F3NO. The normalized spacial score (nSPS) is 21.0. The first-order chi connectivity index (χ1) is 7.53. The van der Waals surface area contributed by atoms with E-state index >= 15 is 0 Å². The van der Waals surface area contributed by atoms with Crippen LogP contribution in [0.3, 0.4) is 0 Å². The summed E-state index contributed by atoms with van der Waals surface area (Å²) in [7, 11) is 0. The Kier molecular flexibility index (Phi) is 5.55. The van der Waals surface area contributed by atoms with Gasteiger partial charge in [0.2, 0.25) is 0 Å². The molecule has 1 N–H and O–H groups in total. The highest BCUT2D eigenvalue weighted by Gasteiger charge is 2.35. The number of alkyl halides is 3. The summed E-state index contributed by atoms with van der Waals surface area (Å²) in [4.78, 5) is 0. The van der Waals surface area contributed by atoms with Gasteiger partial charge in [0.1, 0.15) is 0 Å². The van der Waals surface area contributed by atoms with Gasteiger partial charge in [0.15, 0.2) is 0 Å². The molecule has 0 bridgehead atoms. The number of nitrogens with one attached hydrogen (secondary N) is 1. The van der Waals surface area contributed by atoms with Crippen molar-refractivity contribution in [1.82, 2.24) is 5.32 Å². The summed E-state index contributed by atoms with van der Waals surface area (Å²) in [5.41, 5.74) is 0. The topological polar surface area (TPSA) is 21.3 Å². The maximum absolute atomic E-state index is 12.4. The van der Waals surface area contributed by atoms with E-state index in [2.05, 4.69) is 5.32 Å². The van der Waals surface area contributed by atoms with E-state index in [4.69, 9.17) is 4.74 Å². The van der Waals surface area contributed by atoms with Gasteiger partial charge in [0, 0.05) is 19.3 Å². The third-order valence-electron chi connectivity index (χ3n) is 2.94. The highest BCUT2D eigenvalue weighted by atomic mass is 19.4. The zero-order valence-electron chi connectivity index (χ0n) is 9.65. The second kappa shape index (κ2) is 6.45. The highest BCUT2D eigenvalue weighted by Crippen LogP contribution is 2.28. The molecule has 0 amide bonds. The van der Waals surface area contributed by atoms with Crippen LogP contribution in [0.1, 0.15) is 32.6 Å². The molecule has 1 aliphatic heterocycles. The van der Waals surface area contributed by atoms with E-state index < -0.39 is 18.6 Å². The third-order valence-corrected chi connectivity index (χ3v) is 2.94. The lowest BCUT2D eigenvalue weighted by Crippen LogP contribution is -2.42. The molecule has 5 heteroatoms. The van der Waals surface area contributed by atoms with Crippen LogP contribution in [0.4, 0.5) is 13.2 Å². The van der Waals surface area contributed by atoms with Crippen molar-refractivity contribution in [1.29, 1.82) is 0 Å². The number of rotatable bonds is 5.